The summed E-state index contributed by atoms with van der Waals surface area (Å²) in [5.74, 6) is -0.270. The predicted octanol–water partition coefficient (Wildman–Crippen LogP) is 2.46. The second kappa shape index (κ2) is 9.73. The number of para-hydroxylation sites is 1. The van der Waals surface area contributed by atoms with Crippen molar-refractivity contribution in [1.82, 2.24) is 5.32 Å². The van der Waals surface area contributed by atoms with Crippen LogP contribution in [0.25, 0.3) is 6.08 Å². The maximum Gasteiger partial charge on any atom is 0.387 e. The van der Waals surface area contributed by atoms with E-state index in [9.17, 15) is 13.6 Å². The summed E-state index contributed by atoms with van der Waals surface area (Å²) in [5, 5.41) is 2.65. The predicted molar refractivity (Wildman–Crippen MR) is 78.2 cm³/mol. The molecule has 0 aromatic heterocycles. The highest BCUT2D eigenvalue weighted by molar-refractivity contribution is 5.92. The molecule has 0 bridgehead atoms. The molecule has 1 rings (SSSR count). The molecule has 0 unspecified atom stereocenters. The Kier molecular flexibility index (Phi) is 7.91. The van der Waals surface area contributed by atoms with Crippen molar-refractivity contribution in [3.05, 3.63) is 29.8 Å². The largest absolute Gasteiger partial charge is 0.493 e. The van der Waals surface area contributed by atoms with Crippen LogP contribution in [-0.2, 0) is 9.53 Å². The molecule has 0 radical (unpaired) electrons. The van der Waals surface area contributed by atoms with Gasteiger partial charge in [0.25, 0.3) is 0 Å². The van der Waals surface area contributed by atoms with Crippen molar-refractivity contribution in [1.29, 1.82) is 0 Å². The Morgan fingerprint density at radius 2 is 2.14 bits per heavy atom. The molecule has 7 heteroatoms. The molecule has 0 fully saturated rings. The Hall–Kier alpha value is -2.15. The highest BCUT2D eigenvalue weighted by atomic mass is 19.3. The van der Waals surface area contributed by atoms with Crippen molar-refractivity contribution in [2.45, 2.75) is 13.0 Å². The number of ether oxygens (including phenoxy) is 3. The van der Waals surface area contributed by atoms with Gasteiger partial charge in [-0.2, -0.15) is 8.78 Å². The van der Waals surface area contributed by atoms with Crippen LogP contribution in [0.15, 0.2) is 24.3 Å². The maximum atomic E-state index is 12.5. The maximum absolute atomic E-state index is 12.5. The van der Waals surface area contributed by atoms with E-state index in [1.807, 2.05) is 0 Å². The number of carbonyl (C=O) groups is 1. The van der Waals surface area contributed by atoms with Crippen LogP contribution in [0.1, 0.15) is 12.0 Å². The van der Waals surface area contributed by atoms with Gasteiger partial charge in [-0.15, -0.1) is 0 Å². The van der Waals surface area contributed by atoms with Crippen LogP contribution in [0.3, 0.4) is 0 Å². The second-order valence-corrected chi connectivity index (χ2v) is 4.23. The molecular weight excluding hydrogens is 296 g/mol. The minimum atomic E-state index is -2.98. The van der Waals surface area contributed by atoms with Crippen molar-refractivity contribution in [2.75, 3.05) is 27.4 Å². The second-order valence-electron chi connectivity index (χ2n) is 4.23. The van der Waals surface area contributed by atoms with Crippen molar-refractivity contribution < 1.29 is 27.8 Å². The lowest BCUT2D eigenvalue weighted by molar-refractivity contribution is -0.116. The average molecular weight is 315 g/mol. The van der Waals surface area contributed by atoms with Gasteiger partial charge in [0.15, 0.2) is 11.5 Å². The minimum Gasteiger partial charge on any atom is -0.493 e. The van der Waals surface area contributed by atoms with Gasteiger partial charge >= 0.3 is 6.61 Å². The molecule has 1 aromatic rings. The van der Waals surface area contributed by atoms with Gasteiger partial charge in [0.2, 0.25) is 5.91 Å². The van der Waals surface area contributed by atoms with Crippen LogP contribution >= 0.6 is 0 Å². The molecule has 1 amide bonds. The molecule has 0 aliphatic rings. The van der Waals surface area contributed by atoms with Gasteiger partial charge in [-0.25, -0.2) is 0 Å². The van der Waals surface area contributed by atoms with Crippen LogP contribution in [0, 0.1) is 0 Å². The van der Waals surface area contributed by atoms with Crippen LogP contribution in [0.2, 0.25) is 0 Å². The van der Waals surface area contributed by atoms with Gasteiger partial charge in [-0.3, -0.25) is 4.79 Å². The van der Waals surface area contributed by atoms with Gasteiger partial charge in [-0.05, 0) is 18.6 Å². The Bertz CT molecular complexity index is 506. The fraction of sp³-hybridized carbons (Fsp3) is 0.400. The highest BCUT2D eigenvalue weighted by Crippen LogP contribution is 2.33. The van der Waals surface area contributed by atoms with E-state index in [1.54, 1.807) is 19.2 Å². The van der Waals surface area contributed by atoms with E-state index in [0.29, 0.717) is 25.1 Å². The molecule has 0 aliphatic carbocycles. The summed E-state index contributed by atoms with van der Waals surface area (Å²) >= 11 is 0. The summed E-state index contributed by atoms with van der Waals surface area (Å²) in [5.41, 5.74) is 0.326. The first-order chi connectivity index (χ1) is 10.6. The number of nitrogens with one attached hydrogen (secondary N) is 1. The summed E-state index contributed by atoms with van der Waals surface area (Å²) in [6, 6.07) is 4.67. The van der Waals surface area contributed by atoms with Crippen molar-refractivity contribution >= 4 is 12.0 Å². The molecule has 0 atom stereocenters. The molecule has 0 saturated heterocycles. The summed E-state index contributed by atoms with van der Waals surface area (Å²) in [6.07, 6.45) is 3.33. The minimum absolute atomic E-state index is 0.108. The van der Waals surface area contributed by atoms with E-state index in [0.717, 1.165) is 0 Å². The van der Waals surface area contributed by atoms with Crippen LogP contribution in [0.5, 0.6) is 11.5 Å². The van der Waals surface area contributed by atoms with Gasteiger partial charge in [0.1, 0.15) is 0 Å². The van der Waals surface area contributed by atoms with Crippen molar-refractivity contribution in [3.8, 4) is 11.5 Å². The van der Waals surface area contributed by atoms with Gasteiger partial charge < -0.3 is 19.5 Å². The van der Waals surface area contributed by atoms with Crippen LogP contribution in [-0.4, -0.2) is 39.9 Å². The fourth-order valence-corrected chi connectivity index (χ4v) is 1.69. The topological polar surface area (TPSA) is 56.8 Å². The summed E-state index contributed by atoms with van der Waals surface area (Å²) in [4.78, 5) is 11.6. The monoisotopic (exact) mass is 315 g/mol. The lowest BCUT2D eigenvalue weighted by Gasteiger charge is -2.12. The third-order valence-electron chi connectivity index (χ3n) is 2.67. The molecule has 0 saturated carbocycles. The first-order valence-electron chi connectivity index (χ1n) is 6.65. The summed E-state index contributed by atoms with van der Waals surface area (Å²) < 4.78 is 39.2. The molecule has 0 heterocycles. The van der Waals surface area contributed by atoms with E-state index in [2.05, 4.69) is 10.1 Å². The number of alkyl halides is 2. The lowest BCUT2D eigenvalue weighted by atomic mass is 10.1. The van der Waals surface area contributed by atoms with Crippen LogP contribution < -0.4 is 14.8 Å². The Morgan fingerprint density at radius 3 is 2.77 bits per heavy atom. The first kappa shape index (κ1) is 17.9. The van der Waals surface area contributed by atoms with Crippen LogP contribution in [0.4, 0.5) is 8.78 Å². The molecule has 0 spiro atoms. The average Bonchev–Trinajstić information content (AvgIpc) is 2.50. The quantitative estimate of drug-likeness (QED) is 0.562. The first-order valence-corrected chi connectivity index (χ1v) is 6.65. The smallest absolute Gasteiger partial charge is 0.387 e. The lowest BCUT2D eigenvalue weighted by Crippen LogP contribution is -2.22. The molecule has 22 heavy (non-hydrogen) atoms. The summed E-state index contributed by atoms with van der Waals surface area (Å²) in [6.45, 7) is -1.96. The number of carbonyl (C=O) groups excluding carboxylic acids is 1. The summed E-state index contributed by atoms with van der Waals surface area (Å²) in [7, 11) is 2.93. The SMILES string of the molecule is COCCCNC(=O)/C=C/c1cccc(OC)c1OC(F)F. The molecule has 0 aliphatic heterocycles. The zero-order valence-corrected chi connectivity index (χ0v) is 12.5. The number of hydrogen-bond donors (Lipinski definition) is 1. The molecule has 5 nitrogen and oxygen atoms in total. The number of methoxy groups -OCH3 is 2. The number of halogens is 2. The van der Waals surface area contributed by atoms with E-state index in [4.69, 9.17) is 9.47 Å². The molecular formula is C15H19F2NO4. The normalized spacial score (nSPS) is 11.0. The molecule has 1 N–H and O–H groups in total. The number of amides is 1. The third-order valence-corrected chi connectivity index (χ3v) is 2.67. The van der Waals surface area contributed by atoms with Crippen molar-refractivity contribution in [3.63, 3.8) is 0 Å². The zero-order chi connectivity index (χ0) is 16.4. The number of rotatable bonds is 9. The fourth-order valence-electron chi connectivity index (χ4n) is 1.69. The van der Waals surface area contributed by atoms with Gasteiger partial charge in [0.05, 0.1) is 7.11 Å². The third kappa shape index (κ3) is 6.09. The van der Waals surface area contributed by atoms with E-state index >= 15 is 0 Å². The standard InChI is InChI=1S/C15H19F2NO4/c1-20-10-4-9-18-13(19)8-7-11-5-3-6-12(21-2)14(11)22-15(16)17/h3,5-8,15H,4,9-10H2,1-2H3,(H,18,19)/b8-7+. The number of benzene rings is 1. The zero-order valence-electron chi connectivity index (χ0n) is 12.5. The Morgan fingerprint density at radius 1 is 1.36 bits per heavy atom. The molecule has 1 aromatic carbocycles. The van der Waals surface area contributed by atoms with Gasteiger partial charge in [-0.1, -0.05) is 12.1 Å². The Balaban J connectivity index is 2.74. The Labute approximate surface area is 127 Å². The molecule has 122 valence electrons. The van der Waals surface area contributed by atoms with E-state index in [-0.39, 0.29) is 17.4 Å². The van der Waals surface area contributed by atoms with E-state index in [1.165, 1.54) is 25.3 Å². The van der Waals surface area contributed by atoms with Gasteiger partial charge in [0, 0.05) is 31.9 Å². The van der Waals surface area contributed by atoms with Crippen molar-refractivity contribution in [2.24, 2.45) is 0 Å². The highest BCUT2D eigenvalue weighted by Gasteiger charge is 2.13. The number of hydrogen-bond acceptors (Lipinski definition) is 4. The van der Waals surface area contributed by atoms with E-state index < -0.39 is 6.61 Å².